The van der Waals surface area contributed by atoms with Crippen molar-refractivity contribution in [2.75, 3.05) is 0 Å². The van der Waals surface area contributed by atoms with E-state index >= 15 is 0 Å². The monoisotopic (exact) mass is 264 g/mol. The fourth-order valence-electron chi connectivity index (χ4n) is 1.80. The minimum absolute atomic E-state index is 0.383. The van der Waals surface area contributed by atoms with E-state index in [-0.39, 0.29) is 0 Å². The van der Waals surface area contributed by atoms with Gasteiger partial charge in [-0.1, -0.05) is 6.07 Å². The first kappa shape index (κ1) is 13.0. The van der Waals surface area contributed by atoms with Crippen LogP contribution in [-0.2, 0) is 16.9 Å². The van der Waals surface area contributed by atoms with Crippen molar-refractivity contribution in [2.24, 2.45) is 7.05 Å². The number of sulfone groups is 1. The SMILES string of the molecule is C[n+]1ccc2ccc(S(=O)(=O)C(C)(C)C)cc2c1. The van der Waals surface area contributed by atoms with Gasteiger partial charge >= 0.3 is 0 Å². The molecule has 4 heteroatoms. The van der Waals surface area contributed by atoms with Gasteiger partial charge in [0, 0.05) is 11.5 Å². The number of rotatable bonds is 1. The molecule has 0 aliphatic rings. The van der Waals surface area contributed by atoms with Crippen molar-refractivity contribution in [2.45, 2.75) is 30.4 Å². The smallest absolute Gasteiger partial charge is 0.183 e. The summed E-state index contributed by atoms with van der Waals surface area (Å²) in [5, 5.41) is 1.98. The molecule has 0 aliphatic heterocycles. The summed E-state index contributed by atoms with van der Waals surface area (Å²) in [5.74, 6) is 0. The van der Waals surface area contributed by atoms with E-state index in [0.717, 1.165) is 10.8 Å². The van der Waals surface area contributed by atoms with Crippen LogP contribution in [0.3, 0.4) is 0 Å². The molecule has 0 radical (unpaired) electrons. The number of pyridine rings is 1. The minimum Gasteiger partial charge on any atom is -0.223 e. The Bertz CT molecular complexity index is 697. The minimum atomic E-state index is -3.29. The van der Waals surface area contributed by atoms with Gasteiger partial charge in [-0.25, -0.2) is 13.0 Å². The second-order valence-corrected chi connectivity index (χ2v) is 8.22. The van der Waals surface area contributed by atoms with Gasteiger partial charge in [0.15, 0.2) is 22.2 Å². The van der Waals surface area contributed by atoms with Gasteiger partial charge in [0.2, 0.25) is 0 Å². The highest BCUT2D eigenvalue weighted by molar-refractivity contribution is 7.92. The third-order valence-electron chi connectivity index (χ3n) is 3.01. The van der Waals surface area contributed by atoms with Crippen LogP contribution in [0.15, 0.2) is 41.6 Å². The number of hydrogen-bond acceptors (Lipinski definition) is 2. The van der Waals surface area contributed by atoms with Gasteiger partial charge < -0.3 is 0 Å². The highest BCUT2D eigenvalue weighted by Crippen LogP contribution is 2.26. The van der Waals surface area contributed by atoms with Crippen molar-refractivity contribution in [1.29, 1.82) is 0 Å². The lowest BCUT2D eigenvalue weighted by atomic mass is 10.2. The average molecular weight is 264 g/mol. The summed E-state index contributed by atoms with van der Waals surface area (Å²) in [7, 11) is -1.37. The molecule has 0 fully saturated rings. The molecule has 0 bridgehead atoms. The van der Waals surface area contributed by atoms with Crippen molar-refractivity contribution in [3.63, 3.8) is 0 Å². The molecule has 18 heavy (non-hydrogen) atoms. The molecule has 0 aliphatic carbocycles. The van der Waals surface area contributed by atoms with E-state index in [1.165, 1.54) is 0 Å². The van der Waals surface area contributed by atoms with E-state index in [1.807, 2.05) is 36.1 Å². The summed E-state index contributed by atoms with van der Waals surface area (Å²) >= 11 is 0. The fraction of sp³-hybridized carbons (Fsp3) is 0.357. The van der Waals surface area contributed by atoms with E-state index in [1.54, 1.807) is 32.9 Å². The molecule has 1 aromatic heterocycles. The van der Waals surface area contributed by atoms with E-state index in [0.29, 0.717) is 4.90 Å². The number of aromatic nitrogens is 1. The molecule has 0 unspecified atom stereocenters. The highest BCUT2D eigenvalue weighted by atomic mass is 32.2. The van der Waals surface area contributed by atoms with Crippen LogP contribution in [0.25, 0.3) is 10.8 Å². The van der Waals surface area contributed by atoms with Crippen molar-refractivity contribution in [3.05, 3.63) is 36.7 Å². The third-order valence-corrected chi connectivity index (χ3v) is 5.49. The zero-order valence-electron chi connectivity index (χ0n) is 11.1. The molecule has 2 aromatic rings. The summed E-state index contributed by atoms with van der Waals surface area (Å²) in [5.41, 5.74) is 0. The molecule has 0 atom stereocenters. The molecule has 3 nitrogen and oxygen atoms in total. The Hall–Kier alpha value is -1.42. The molecule has 0 N–H and O–H groups in total. The lowest BCUT2D eigenvalue weighted by Gasteiger charge is -2.19. The summed E-state index contributed by atoms with van der Waals surface area (Å²) < 4.78 is 25.9. The number of nitrogens with zero attached hydrogens (tertiary/aromatic N) is 1. The molecule has 0 saturated carbocycles. The number of hydrogen-bond donors (Lipinski definition) is 0. The maximum atomic E-state index is 12.4. The van der Waals surface area contributed by atoms with Crippen LogP contribution in [-0.4, -0.2) is 13.2 Å². The molecule has 0 spiro atoms. The maximum Gasteiger partial charge on any atom is 0.183 e. The number of aryl methyl sites for hydroxylation is 1. The largest absolute Gasteiger partial charge is 0.223 e. The molecule has 2 rings (SSSR count). The quantitative estimate of drug-likeness (QED) is 0.741. The summed E-state index contributed by atoms with van der Waals surface area (Å²) in [6.07, 6.45) is 3.87. The zero-order valence-corrected chi connectivity index (χ0v) is 12.0. The molecule has 0 saturated heterocycles. The van der Waals surface area contributed by atoms with Gasteiger partial charge in [0.25, 0.3) is 0 Å². The Balaban J connectivity index is 2.68. The van der Waals surface area contributed by atoms with Crippen LogP contribution in [0.4, 0.5) is 0 Å². The van der Waals surface area contributed by atoms with Gasteiger partial charge in [0.1, 0.15) is 7.05 Å². The number of benzene rings is 1. The van der Waals surface area contributed by atoms with Gasteiger partial charge in [-0.15, -0.1) is 0 Å². The van der Waals surface area contributed by atoms with E-state index in [9.17, 15) is 8.42 Å². The number of fused-ring (bicyclic) bond motifs is 1. The average Bonchev–Trinajstić information content (AvgIpc) is 2.26. The Labute approximate surface area is 108 Å². The zero-order chi connectivity index (χ0) is 13.6. The van der Waals surface area contributed by atoms with Crippen LogP contribution in [0.5, 0.6) is 0 Å². The second-order valence-electron chi connectivity index (χ2n) is 5.52. The fourth-order valence-corrected chi connectivity index (χ4v) is 3.03. The lowest BCUT2D eigenvalue weighted by molar-refractivity contribution is -0.670. The van der Waals surface area contributed by atoms with Crippen molar-refractivity contribution >= 4 is 20.6 Å². The molecular weight excluding hydrogens is 246 g/mol. The molecule has 1 heterocycles. The van der Waals surface area contributed by atoms with Crippen molar-refractivity contribution in [1.82, 2.24) is 0 Å². The van der Waals surface area contributed by atoms with Gasteiger partial charge in [-0.3, -0.25) is 0 Å². The lowest BCUT2D eigenvalue weighted by Crippen LogP contribution is -2.28. The summed E-state index contributed by atoms with van der Waals surface area (Å²) in [6.45, 7) is 5.16. The Morgan fingerprint density at radius 2 is 1.72 bits per heavy atom. The Kier molecular flexibility index (Phi) is 2.93. The van der Waals surface area contributed by atoms with E-state index in [4.69, 9.17) is 0 Å². The predicted molar refractivity (Wildman–Crippen MR) is 72.1 cm³/mol. The van der Waals surface area contributed by atoms with Crippen LogP contribution in [0.1, 0.15) is 20.8 Å². The first-order valence-electron chi connectivity index (χ1n) is 5.85. The highest BCUT2D eigenvalue weighted by Gasteiger charge is 2.30. The topological polar surface area (TPSA) is 38.0 Å². The second kappa shape index (κ2) is 4.05. The van der Waals surface area contributed by atoms with Crippen LogP contribution in [0.2, 0.25) is 0 Å². The van der Waals surface area contributed by atoms with Crippen LogP contribution < -0.4 is 4.57 Å². The van der Waals surface area contributed by atoms with Crippen LogP contribution in [0, 0.1) is 0 Å². The molecule has 0 amide bonds. The van der Waals surface area contributed by atoms with Crippen molar-refractivity contribution in [3.8, 4) is 0 Å². The molecular formula is C14H18NO2S+. The summed E-state index contributed by atoms with van der Waals surface area (Å²) in [4.78, 5) is 0.383. The van der Waals surface area contributed by atoms with Crippen molar-refractivity contribution < 1.29 is 13.0 Å². The van der Waals surface area contributed by atoms with E-state index < -0.39 is 14.6 Å². The first-order chi connectivity index (χ1) is 8.22. The predicted octanol–water partition coefficient (Wildman–Crippen LogP) is 2.24. The van der Waals surface area contributed by atoms with Gasteiger partial charge in [0.05, 0.1) is 9.64 Å². The third kappa shape index (κ3) is 2.12. The standard InChI is InChI=1S/C14H18NO2S/c1-14(2,3)18(16,17)13-6-5-11-7-8-15(4)10-12(11)9-13/h5-10H,1-4H3/q+1. The summed E-state index contributed by atoms with van der Waals surface area (Å²) in [6, 6.07) is 7.26. The van der Waals surface area contributed by atoms with Crippen LogP contribution >= 0.6 is 0 Å². The molecule has 1 aromatic carbocycles. The normalized spacial score (nSPS) is 12.9. The van der Waals surface area contributed by atoms with Gasteiger partial charge in [-0.05, 0) is 38.3 Å². The molecule has 96 valence electrons. The van der Waals surface area contributed by atoms with Gasteiger partial charge in [-0.2, -0.15) is 0 Å². The van der Waals surface area contributed by atoms with E-state index in [2.05, 4.69) is 0 Å². The maximum absolute atomic E-state index is 12.4. The Morgan fingerprint density at radius 3 is 2.33 bits per heavy atom. The Morgan fingerprint density at radius 1 is 1.06 bits per heavy atom. The first-order valence-corrected chi connectivity index (χ1v) is 7.34.